The van der Waals surface area contributed by atoms with Gasteiger partial charge in [0.1, 0.15) is 6.47 Å². The molecule has 6 rings (SSSR count). The fourth-order valence-electron chi connectivity index (χ4n) is 8.41. The van der Waals surface area contributed by atoms with E-state index in [0.717, 1.165) is 38.5 Å². The van der Waals surface area contributed by atoms with Gasteiger partial charge in [0.05, 0.1) is 0 Å². The topological polar surface area (TPSA) is 92.3 Å². The molecule has 0 aromatic heterocycles. The Hall–Kier alpha value is 0.200. The second-order valence-corrected chi connectivity index (χ2v) is 17.4. The van der Waals surface area contributed by atoms with Crippen LogP contribution in [0.2, 0.25) is 0 Å². The van der Waals surface area contributed by atoms with Gasteiger partial charge in [0.15, 0.2) is 10.8 Å². The Bertz CT molecular complexity index is 860. The third kappa shape index (κ3) is 1.75. The number of fused-ring (bicyclic) bond motifs is 6. The van der Waals surface area contributed by atoms with Gasteiger partial charge in [0, 0.05) is 0 Å². The van der Waals surface area contributed by atoms with Gasteiger partial charge < -0.3 is 0 Å². The molecule has 2 heterocycles. The quantitative estimate of drug-likeness (QED) is 0.273. The van der Waals surface area contributed by atoms with Gasteiger partial charge in [-0.25, -0.2) is 0 Å². The Morgan fingerprint density at radius 2 is 1.00 bits per heavy atom. The van der Waals surface area contributed by atoms with E-state index in [-0.39, 0.29) is 35.5 Å². The average Bonchev–Trinajstić information content (AvgIpc) is 3.34. The number of hydrogen-bond acceptors (Lipinski definition) is 4. The van der Waals surface area contributed by atoms with E-state index in [9.17, 15) is 19.2 Å². The van der Waals surface area contributed by atoms with E-state index >= 15 is 0 Å². The van der Waals surface area contributed by atoms with Crippen LogP contribution in [0, 0.1) is 33.5 Å². The lowest BCUT2D eigenvalue weighted by Crippen LogP contribution is -2.76. The van der Waals surface area contributed by atoms with Gasteiger partial charge in [-0.2, -0.15) is 0 Å². The monoisotopic (exact) mass is 668 g/mol. The summed E-state index contributed by atoms with van der Waals surface area (Å²) in [4.78, 5) is 51.6. The first-order valence-corrected chi connectivity index (χ1v) is 13.6. The number of alkyl halides is 4. The molecular formula is C20H20Br4N2O4. The van der Waals surface area contributed by atoms with Crippen molar-refractivity contribution in [2.45, 2.75) is 57.8 Å². The molecule has 4 bridgehead atoms. The molecule has 0 radical (unpaired) electrons. The fraction of sp³-hybridized carbons (Fsp3) is 0.800. The van der Waals surface area contributed by atoms with Crippen LogP contribution in [-0.4, -0.2) is 30.1 Å². The Morgan fingerprint density at radius 1 is 0.667 bits per heavy atom. The van der Waals surface area contributed by atoms with Crippen LogP contribution < -0.4 is 10.6 Å². The molecule has 162 valence electrons. The molecule has 2 saturated heterocycles. The number of nitrogens with one attached hydrogen (secondary N) is 2. The summed E-state index contributed by atoms with van der Waals surface area (Å²) in [5.41, 5.74) is -3.14. The number of imide groups is 2. The van der Waals surface area contributed by atoms with Crippen LogP contribution in [0.3, 0.4) is 0 Å². The molecule has 10 heteroatoms. The summed E-state index contributed by atoms with van der Waals surface area (Å²) < 4.78 is -1.46. The highest BCUT2D eigenvalue weighted by Gasteiger charge is 2.86. The molecule has 0 aromatic carbocycles. The first kappa shape index (κ1) is 20.8. The van der Waals surface area contributed by atoms with Gasteiger partial charge in [0.2, 0.25) is 23.6 Å². The summed E-state index contributed by atoms with van der Waals surface area (Å²) in [5.74, 6) is -0.449. The molecule has 4 atom stereocenters. The average molecular weight is 672 g/mol. The zero-order valence-corrected chi connectivity index (χ0v) is 22.3. The molecule has 2 spiro atoms. The van der Waals surface area contributed by atoms with Crippen LogP contribution in [-0.2, 0) is 19.2 Å². The van der Waals surface area contributed by atoms with Crippen molar-refractivity contribution in [1.29, 1.82) is 0 Å². The number of carbonyl (C=O) groups is 4. The van der Waals surface area contributed by atoms with Crippen LogP contribution in [0.5, 0.6) is 0 Å². The lowest BCUT2D eigenvalue weighted by atomic mass is 9.52. The van der Waals surface area contributed by atoms with Gasteiger partial charge in [-0.1, -0.05) is 63.7 Å². The predicted octanol–water partition coefficient (Wildman–Crippen LogP) is 3.62. The second kappa shape index (κ2) is 5.63. The number of rotatable bonds is 3. The highest BCUT2D eigenvalue weighted by Crippen LogP contribution is 2.81. The van der Waals surface area contributed by atoms with Crippen molar-refractivity contribution in [3.05, 3.63) is 0 Å². The zero-order chi connectivity index (χ0) is 21.5. The lowest BCUT2D eigenvalue weighted by molar-refractivity contribution is -0.174. The highest BCUT2D eigenvalue weighted by atomic mass is 79.9. The maximum Gasteiger partial charge on any atom is 0.245 e. The second-order valence-electron chi connectivity index (χ2n) is 10.3. The minimum atomic E-state index is -1.12. The molecule has 4 unspecified atom stereocenters. The van der Waals surface area contributed by atoms with Gasteiger partial charge in [-0.3, -0.25) is 29.8 Å². The minimum absolute atomic E-state index is 0.193. The van der Waals surface area contributed by atoms with Gasteiger partial charge in [-0.05, 0) is 74.0 Å². The number of hydrogen-bond donors (Lipinski definition) is 2. The van der Waals surface area contributed by atoms with Crippen LogP contribution in [0.25, 0.3) is 0 Å². The standard InChI is InChI=1S/C20H20Br4N2O4/c21-19(22)9-1-3-15(7-9,17(19)11(27)25-12(17)28)5-6-16-4-2-10(8-16)20(23,24)18(16)13(29)26-14(18)30/h9-10H,1-8H2,(H,25,27,28)(H,26,29,30). The third-order valence-corrected chi connectivity index (χ3v) is 14.7. The molecule has 4 aliphatic carbocycles. The minimum Gasteiger partial charge on any atom is -0.294 e. The summed E-state index contributed by atoms with van der Waals surface area (Å²) in [6.07, 6.45) is 6.43. The van der Waals surface area contributed by atoms with E-state index in [1.807, 2.05) is 0 Å². The van der Waals surface area contributed by atoms with Crippen LogP contribution in [0.1, 0.15) is 51.4 Å². The highest BCUT2D eigenvalue weighted by molar-refractivity contribution is 9.25. The summed E-state index contributed by atoms with van der Waals surface area (Å²) in [6, 6.07) is 0. The third-order valence-electron chi connectivity index (χ3n) is 9.73. The predicted molar refractivity (Wildman–Crippen MR) is 121 cm³/mol. The lowest BCUT2D eigenvalue weighted by Gasteiger charge is -2.57. The Labute approximate surface area is 207 Å². The molecule has 6 fully saturated rings. The molecule has 6 nitrogen and oxygen atoms in total. The molecule has 2 N–H and O–H groups in total. The largest absolute Gasteiger partial charge is 0.294 e. The van der Waals surface area contributed by atoms with Gasteiger partial charge >= 0.3 is 0 Å². The molecule has 2 aliphatic heterocycles. The van der Waals surface area contributed by atoms with E-state index in [1.54, 1.807) is 0 Å². The van der Waals surface area contributed by atoms with E-state index in [1.165, 1.54) is 0 Å². The zero-order valence-electron chi connectivity index (χ0n) is 16.0. The van der Waals surface area contributed by atoms with Crippen molar-refractivity contribution in [2.75, 3.05) is 0 Å². The van der Waals surface area contributed by atoms with Crippen LogP contribution >= 0.6 is 63.7 Å². The van der Waals surface area contributed by atoms with Crippen molar-refractivity contribution in [1.82, 2.24) is 10.6 Å². The first-order chi connectivity index (χ1) is 13.9. The molecule has 4 saturated carbocycles. The summed E-state index contributed by atoms with van der Waals surface area (Å²) in [7, 11) is 0. The molecule has 30 heavy (non-hydrogen) atoms. The Balaban J connectivity index is 1.40. The number of carbonyl (C=O) groups excluding carboxylic acids is 4. The van der Waals surface area contributed by atoms with E-state index in [4.69, 9.17) is 0 Å². The fourth-order valence-corrected chi connectivity index (χ4v) is 13.1. The smallest absolute Gasteiger partial charge is 0.245 e. The maximum absolute atomic E-state index is 12.9. The van der Waals surface area contributed by atoms with E-state index in [0.29, 0.717) is 12.8 Å². The maximum atomic E-state index is 12.9. The SMILES string of the molecule is O=C1NC(=O)C12C1(CCC34CCC(C3)C(Br)(Br)C43C(=O)NC3=O)CCC(C1)C2(Br)Br. The first-order valence-electron chi connectivity index (χ1n) is 10.4. The number of amides is 4. The molecule has 0 aromatic rings. The molecular weight excluding hydrogens is 652 g/mol. The van der Waals surface area contributed by atoms with Gasteiger partial charge in [0.25, 0.3) is 0 Å². The Morgan fingerprint density at radius 3 is 1.30 bits per heavy atom. The molecule has 6 aliphatic rings. The van der Waals surface area contributed by atoms with Crippen LogP contribution in [0.15, 0.2) is 0 Å². The number of halogens is 4. The van der Waals surface area contributed by atoms with E-state index in [2.05, 4.69) is 74.4 Å². The van der Waals surface area contributed by atoms with E-state index < -0.39 is 28.1 Å². The van der Waals surface area contributed by atoms with Crippen molar-refractivity contribution < 1.29 is 19.2 Å². The van der Waals surface area contributed by atoms with Crippen LogP contribution in [0.4, 0.5) is 0 Å². The number of β-lactam (4-membered cyclic amide) rings is 4. The van der Waals surface area contributed by atoms with Gasteiger partial charge in [-0.15, -0.1) is 0 Å². The molecule has 4 amide bonds. The van der Waals surface area contributed by atoms with Crippen molar-refractivity contribution >= 4 is 87.3 Å². The summed E-state index contributed by atoms with van der Waals surface area (Å²) in [6.45, 7) is 0. The van der Waals surface area contributed by atoms with Crippen molar-refractivity contribution in [2.24, 2.45) is 33.5 Å². The Kier molecular flexibility index (Phi) is 3.90. The normalized spacial score (nSPS) is 44.9. The summed E-state index contributed by atoms with van der Waals surface area (Å²) >= 11 is 14.9. The summed E-state index contributed by atoms with van der Waals surface area (Å²) in [5, 5.41) is 4.92. The van der Waals surface area contributed by atoms with Crippen molar-refractivity contribution in [3.63, 3.8) is 0 Å². The van der Waals surface area contributed by atoms with Crippen molar-refractivity contribution in [3.8, 4) is 0 Å².